The molecule has 1 aliphatic carbocycles. The first-order valence-electron chi connectivity index (χ1n) is 7.80. The van der Waals surface area contributed by atoms with Gasteiger partial charge < -0.3 is 10.4 Å². The molecule has 1 unspecified atom stereocenters. The van der Waals surface area contributed by atoms with Crippen molar-refractivity contribution < 1.29 is 5.11 Å². The molecular weight excluding hydrogens is 234 g/mol. The SMILES string of the molecule is OCC1(c2ccc(C3CCCCC3)cc2)CCCN1. The molecular formula is C17H25NO. The zero-order chi connectivity index (χ0) is 13.1. The van der Waals surface area contributed by atoms with Gasteiger partial charge in [-0.15, -0.1) is 0 Å². The lowest BCUT2D eigenvalue weighted by atomic mass is 9.82. The van der Waals surface area contributed by atoms with E-state index < -0.39 is 0 Å². The number of hydrogen-bond donors (Lipinski definition) is 2. The minimum atomic E-state index is -0.176. The van der Waals surface area contributed by atoms with Crippen molar-refractivity contribution >= 4 is 0 Å². The highest BCUT2D eigenvalue weighted by Crippen LogP contribution is 2.35. The molecule has 1 aromatic rings. The molecule has 2 aliphatic rings. The van der Waals surface area contributed by atoms with Crippen molar-refractivity contribution in [2.45, 2.75) is 56.4 Å². The fraction of sp³-hybridized carbons (Fsp3) is 0.647. The summed E-state index contributed by atoms with van der Waals surface area (Å²) in [5.74, 6) is 0.768. The second-order valence-electron chi connectivity index (χ2n) is 6.23. The molecule has 0 aromatic heterocycles. The predicted octanol–water partition coefficient (Wildman–Crippen LogP) is 3.31. The highest BCUT2D eigenvalue weighted by atomic mass is 16.3. The summed E-state index contributed by atoms with van der Waals surface area (Å²) >= 11 is 0. The van der Waals surface area contributed by atoms with E-state index in [4.69, 9.17) is 0 Å². The molecule has 1 atom stereocenters. The second kappa shape index (κ2) is 5.64. The van der Waals surface area contributed by atoms with E-state index in [1.807, 2.05) is 0 Å². The molecule has 1 saturated heterocycles. The normalized spacial score (nSPS) is 28.7. The first-order valence-corrected chi connectivity index (χ1v) is 7.80. The maximum absolute atomic E-state index is 9.73. The van der Waals surface area contributed by atoms with E-state index in [1.54, 1.807) is 0 Å². The Morgan fingerprint density at radius 3 is 2.37 bits per heavy atom. The van der Waals surface area contributed by atoms with Gasteiger partial charge in [0.2, 0.25) is 0 Å². The zero-order valence-electron chi connectivity index (χ0n) is 11.7. The van der Waals surface area contributed by atoms with Gasteiger partial charge in [-0.25, -0.2) is 0 Å². The molecule has 1 aromatic carbocycles. The van der Waals surface area contributed by atoms with Crippen LogP contribution in [0.25, 0.3) is 0 Å². The van der Waals surface area contributed by atoms with E-state index in [2.05, 4.69) is 29.6 Å². The summed E-state index contributed by atoms with van der Waals surface area (Å²) < 4.78 is 0. The third-order valence-corrected chi connectivity index (χ3v) is 5.05. The third kappa shape index (κ3) is 2.56. The van der Waals surface area contributed by atoms with Crippen LogP contribution in [0.3, 0.4) is 0 Å². The van der Waals surface area contributed by atoms with Crippen LogP contribution in [0.5, 0.6) is 0 Å². The summed E-state index contributed by atoms with van der Waals surface area (Å²) in [5.41, 5.74) is 2.58. The molecule has 3 rings (SSSR count). The van der Waals surface area contributed by atoms with Crippen molar-refractivity contribution in [3.63, 3.8) is 0 Å². The zero-order valence-corrected chi connectivity index (χ0v) is 11.7. The first-order chi connectivity index (χ1) is 9.34. The van der Waals surface area contributed by atoms with Crippen LogP contribution in [-0.2, 0) is 5.54 Å². The monoisotopic (exact) mass is 259 g/mol. The number of hydrogen-bond acceptors (Lipinski definition) is 2. The molecule has 1 saturated carbocycles. The molecule has 0 spiro atoms. The lowest BCUT2D eigenvalue weighted by Gasteiger charge is -2.29. The Hall–Kier alpha value is -0.860. The van der Waals surface area contributed by atoms with E-state index >= 15 is 0 Å². The van der Waals surface area contributed by atoms with Crippen molar-refractivity contribution in [3.8, 4) is 0 Å². The average Bonchev–Trinajstić information content (AvgIpc) is 2.98. The molecule has 0 bridgehead atoms. The largest absolute Gasteiger partial charge is 0.394 e. The molecule has 2 nitrogen and oxygen atoms in total. The van der Waals surface area contributed by atoms with Crippen LogP contribution in [-0.4, -0.2) is 18.3 Å². The van der Waals surface area contributed by atoms with Gasteiger partial charge in [-0.2, -0.15) is 0 Å². The standard InChI is InChI=1S/C17H25NO/c19-13-17(11-4-12-18-17)16-9-7-15(8-10-16)14-5-2-1-3-6-14/h7-10,14,18-19H,1-6,11-13H2. The molecule has 2 fully saturated rings. The van der Waals surface area contributed by atoms with Gasteiger partial charge in [0.25, 0.3) is 0 Å². The van der Waals surface area contributed by atoms with Gasteiger partial charge in [-0.3, -0.25) is 0 Å². The van der Waals surface area contributed by atoms with Gasteiger partial charge in [-0.05, 0) is 49.3 Å². The van der Waals surface area contributed by atoms with Gasteiger partial charge in [0.15, 0.2) is 0 Å². The lowest BCUT2D eigenvalue weighted by Crippen LogP contribution is -2.40. The molecule has 1 aliphatic heterocycles. The maximum Gasteiger partial charge on any atom is 0.0669 e. The van der Waals surface area contributed by atoms with E-state index in [0.29, 0.717) is 0 Å². The van der Waals surface area contributed by atoms with Crippen molar-refractivity contribution in [2.24, 2.45) is 0 Å². The van der Waals surface area contributed by atoms with Crippen LogP contribution in [0.4, 0.5) is 0 Å². The van der Waals surface area contributed by atoms with Gasteiger partial charge in [0.05, 0.1) is 12.1 Å². The number of aliphatic hydroxyl groups is 1. The van der Waals surface area contributed by atoms with Gasteiger partial charge in [-0.1, -0.05) is 43.5 Å². The topological polar surface area (TPSA) is 32.3 Å². The summed E-state index contributed by atoms with van der Waals surface area (Å²) in [4.78, 5) is 0. The van der Waals surface area contributed by atoms with E-state index in [1.165, 1.54) is 43.2 Å². The van der Waals surface area contributed by atoms with Crippen LogP contribution in [0, 0.1) is 0 Å². The Morgan fingerprint density at radius 2 is 1.79 bits per heavy atom. The molecule has 0 radical (unpaired) electrons. The molecule has 0 amide bonds. The van der Waals surface area contributed by atoms with E-state index in [-0.39, 0.29) is 12.1 Å². The van der Waals surface area contributed by atoms with E-state index in [9.17, 15) is 5.11 Å². The lowest BCUT2D eigenvalue weighted by molar-refractivity contribution is 0.178. The molecule has 104 valence electrons. The fourth-order valence-electron chi connectivity index (χ4n) is 3.79. The van der Waals surface area contributed by atoms with Gasteiger partial charge in [0, 0.05) is 0 Å². The van der Waals surface area contributed by atoms with Crippen LogP contribution < -0.4 is 5.32 Å². The fourth-order valence-corrected chi connectivity index (χ4v) is 3.79. The van der Waals surface area contributed by atoms with Gasteiger partial charge >= 0.3 is 0 Å². The molecule has 2 heteroatoms. The van der Waals surface area contributed by atoms with Crippen LogP contribution in [0.1, 0.15) is 62.0 Å². The average molecular weight is 259 g/mol. The second-order valence-corrected chi connectivity index (χ2v) is 6.23. The summed E-state index contributed by atoms with van der Waals surface area (Å²) in [6.07, 6.45) is 9.08. The molecule has 2 N–H and O–H groups in total. The van der Waals surface area contributed by atoms with E-state index in [0.717, 1.165) is 25.3 Å². The maximum atomic E-state index is 9.73. The summed E-state index contributed by atoms with van der Waals surface area (Å²) in [6, 6.07) is 9.06. The third-order valence-electron chi connectivity index (χ3n) is 5.05. The van der Waals surface area contributed by atoms with Crippen LogP contribution >= 0.6 is 0 Å². The summed E-state index contributed by atoms with van der Waals surface area (Å²) in [7, 11) is 0. The number of benzene rings is 1. The number of rotatable bonds is 3. The highest BCUT2D eigenvalue weighted by molar-refractivity contribution is 5.31. The van der Waals surface area contributed by atoms with Crippen molar-refractivity contribution in [2.75, 3.05) is 13.2 Å². The Kier molecular flexibility index (Phi) is 3.90. The predicted molar refractivity (Wildman–Crippen MR) is 78.3 cm³/mol. The number of aliphatic hydroxyl groups excluding tert-OH is 1. The van der Waals surface area contributed by atoms with Crippen molar-refractivity contribution in [1.82, 2.24) is 5.32 Å². The van der Waals surface area contributed by atoms with Crippen LogP contribution in [0.2, 0.25) is 0 Å². The van der Waals surface area contributed by atoms with Crippen LogP contribution in [0.15, 0.2) is 24.3 Å². The van der Waals surface area contributed by atoms with Crippen molar-refractivity contribution in [3.05, 3.63) is 35.4 Å². The Morgan fingerprint density at radius 1 is 1.05 bits per heavy atom. The van der Waals surface area contributed by atoms with Crippen molar-refractivity contribution in [1.29, 1.82) is 0 Å². The summed E-state index contributed by atoms with van der Waals surface area (Å²) in [5, 5.41) is 13.2. The summed E-state index contributed by atoms with van der Waals surface area (Å²) in [6.45, 7) is 1.22. The number of nitrogens with one attached hydrogen (secondary N) is 1. The minimum Gasteiger partial charge on any atom is -0.394 e. The highest BCUT2D eigenvalue weighted by Gasteiger charge is 2.34. The quantitative estimate of drug-likeness (QED) is 0.873. The first kappa shape index (κ1) is 13.1. The smallest absolute Gasteiger partial charge is 0.0669 e. The Labute approximate surface area is 116 Å². The molecule has 19 heavy (non-hydrogen) atoms. The van der Waals surface area contributed by atoms with Gasteiger partial charge in [0.1, 0.15) is 0 Å². The Balaban J connectivity index is 1.78. The minimum absolute atomic E-state index is 0.176. The molecule has 1 heterocycles. The Bertz CT molecular complexity index is 400.